The predicted molar refractivity (Wildman–Crippen MR) is 69.0 cm³/mol. The molecule has 0 atom stereocenters. The largest absolute Gasteiger partial charge is 0.508 e. The molecule has 0 aliphatic rings. The van der Waals surface area contributed by atoms with Crippen LogP contribution in [0.25, 0.3) is 10.8 Å². The summed E-state index contributed by atoms with van der Waals surface area (Å²) in [5.41, 5.74) is 2.52. The molecule has 0 bridgehead atoms. The predicted octanol–water partition coefficient (Wildman–Crippen LogP) is 4.15. The molecule has 84 valence electrons. The van der Waals surface area contributed by atoms with Gasteiger partial charge in [-0.15, -0.1) is 0 Å². The monoisotopic (exact) mass is 214 g/mol. The number of hydrogen-bond acceptors (Lipinski definition) is 1. The van der Waals surface area contributed by atoms with Gasteiger partial charge in [0.2, 0.25) is 0 Å². The summed E-state index contributed by atoms with van der Waals surface area (Å²) in [7, 11) is 0. The lowest BCUT2D eigenvalue weighted by Crippen LogP contribution is -2.12. The Kier molecular flexibility index (Phi) is 2.42. The highest BCUT2D eigenvalue weighted by molar-refractivity contribution is 5.90. The van der Waals surface area contributed by atoms with E-state index in [9.17, 15) is 5.11 Å². The minimum Gasteiger partial charge on any atom is -0.508 e. The molecule has 0 amide bonds. The summed E-state index contributed by atoms with van der Waals surface area (Å²) in [6.07, 6.45) is 0. The van der Waals surface area contributed by atoms with E-state index < -0.39 is 0 Å². The van der Waals surface area contributed by atoms with E-state index in [1.165, 1.54) is 16.5 Å². The summed E-state index contributed by atoms with van der Waals surface area (Å²) < 4.78 is 0. The van der Waals surface area contributed by atoms with Gasteiger partial charge in [-0.25, -0.2) is 0 Å². The van der Waals surface area contributed by atoms with Crippen LogP contribution in [0.3, 0.4) is 0 Å². The molecule has 2 rings (SSSR count). The van der Waals surface area contributed by atoms with Gasteiger partial charge in [-0.05, 0) is 46.4 Å². The number of benzene rings is 2. The number of aromatic hydroxyl groups is 1. The van der Waals surface area contributed by atoms with Crippen LogP contribution < -0.4 is 0 Å². The minimum atomic E-state index is 0.0447. The molecule has 0 aliphatic carbocycles. The lowest BCUT2D eigenvalue weighted by Gasteiger charge is -2.22. The van der Waals surface area contributed by atoms with Gasteiger partial charge in [-0.3, -0.25) is 0 Å². The zero-order valence-electron chi connectivity index (χ0n) is 10.3. The van der Waals surface area contributed by atoms with Crippen molar-refractivity contribution in [2.24, 2.45) is 0 Å². The second-order valence-electron chi connectivity index (χ2n) is 5.42. The first-order valence-corrected chi connectivity index (χ1v) is 5.62. The van der Waals surface area contributed by atoms with Gasteiger partial charge >= 0.3 is 0 Å². The van der Waals surface area contributed by atoms with Crippen LogP contribution >= 0.6 is 0 Å². The fourth-order valence-electron chi connectivity index (χ4n) is 2.19. The molecule has 1 nitrogen and oxygen atoms in total. The third kappa shape index (κ3) is 1.78. The van der Waals surface area contributed by atoms with Gasteiger partial charge in [0.25, 0.3) is 0 Å². The van der Waals surface area contributed by atoms with Crippen molar-refractivity contribution in [2.75, 3.05) is 0 Å². The minimum absolute atomic E-state index is 0.0447. The van der Waals surface area contributed by atoms with Crippen LogP contribution in [0, 0.1) is 6.92 Å². The second kappa shape index (κ2) is 3.51. The van der Waals surface area contributed by atoms with Crippen molar-refractivity contribution < 1.29 is 5.11 Å². The number of phenols is 1. The molecule has 0 radical (unpaired) electrons. The Morgan fingerprint density at radius 2 is 1.75 bits per heavy atom. The van der Waals surface area contributed by atoms with Gasteiger partial charge in [0.15, 0.2) is 0 Å². The average Bonchev–Trinajstić information content (AvgIpc) is 2.15. The van der Waals surface area contributed by atoms with Crippen molar-refractivity contribution in [2.45, 2.75) is 33.1 Å². The van der Waals surface area contributed by atoms with E-state index in [0.717, 1.165) is 5.39 Å². The maximum atomic E-state index is 9.77. The lowest BCUT2D eigenvalue weighted by atomic mass is 9.82. The first-order chi connectivity index (χ1) is 7.39. The molecular formula is C15H18O. The van der Waals surface area contributed by atoms with Crippen molar-refractivity contribution in [3.05, 3.63) is 41.5 Å². The van der Waals surface area contributed by atoms with Gasteiger partial charge in [0.1, 0.15) is 5.75 Å². The molecule has 0 spiro atoms. The first kappa shape index (κ1) is 11.0. The Morgan fingerprint density at radius 3 is 2.38 bits per heavy atom. The topological polar surface area (TPSA) is 20.2 Å². The van der Waals surface area contributed by atoms with Gasteiger partial charge < -0.3 is 5.11 Å². The normalized spacial score (nSPS) is 12.0. The van der Waals surface area contributed by atoms with Crippen molar-refractivity contribution >= 4 is 10.8 Å². The number of phenolic OH excluding ortho intramolecular Hbond substituents is 1. The molecule has 0 heterocycles. The van der Waals surface area contributed by atoms with Gasteiger partial charge in [0, 0.05) is 0 Å². The molecule has 2 aromatic carbocycles. The van der Waals surface area contributed by atoms with E-state index in [1.807, 2.05) is 18.2 Å². The average molecular weight is 214 g/mol. The maximum Gasteiger partial charge on any atom is 0.116 e. The Balaban J connectivity index is 2.91. The van der Waals surface area contributed by atoms with Gasteiger partial charge in [0.05, 0.1) is 0 Å². The Bertz CT molecular complexity index is 533. The highest BCUT2D eigenvalue weighted by Crippen LogP contribution is 2.34. The molecule has 1 heteroatoms. The van der Waals surface area contributed by atoms with E-state index in [4.69, 9.17) is 0 Å². The number of aryl methyl sites for hydroxylation is 1. The summed E-state index contributed by atoms with van der Waals surface area (Å²) in [4.78, 5) is 0. The SMILES string of the molecule is Cc1cccc2cc(O)cc(C(C)(C)C)c12. The fourth-order valence-corrected chi connectivity index (χ4v) is 2.19. The van der Waals surface area contributed by atoms with Crippen LogP contribution in [-0.2, 0) is 5.41 Å². The zero-order valence-corrected chi connectivity index (χ0v) is 10.3. The fraction of sp³-hybridized carbons (Fsp3) is 0.333. The summed E-state index contributed by atoms with van der Waals surface area (Å²) >= 11 is 0. The zero-order chi connectivity index (χ0) is 11.9. The molecule has 2 aromatic rings. The molecule has 16 heavy (non-hydrogen) atoms. The van der Waals surface area contributed by atoms with E-state index in [1.54, 1.807) is 0 Å². The molecule has 0 aromatic heterocycles. The summed E-state index contributed by atoms with van der Waals surface area (Å²) in [6, 6.07) is 9.92. The third-order valence-electron chi connectivity index (χ3n) is 2.98. The van der Waals surface area contributed by atoms with Crippen molar-refractivity contribution in [1.29, 1.82) is 0 Å². The van der Waals surface area contributed by atoms with E-state index >= 15 is 0 Å². The Labute approximate surface area is 96.7 Å². The van der Waals surface area contributed by atoms with E-state index in [-0.39, 0.29) is 5.41 Å². The summed E-state index contributed by atoms with van der Waals surface area (Å²) in [6.45, 7) is 8.64. The van der Waals surface area contributed by atoms with Gasteiger partial charge in [-0.1, -0.05) is 39.0 Å². The Hall–Kier alpha value is -1.50. The Morgan fingerprint density at radius 1 is 1.06 bits per heavy atom. The lowest BCUT2D eigenvalue weighted by molar-refractivity contribution is 0.472. The van der Waals surface area contributed by atoms with E-state index in [2.05, 4.69) is 39.8 Å². The number of hydrogen-bond donors (Lipinski definition) is 1. The van der Waals surface area contributed by atoms with Crippen molar-refractivity contribution in [3.8, 4) is 5.75 Å². The molecule has 1 N–H and O–H groups in total. The first-order valence-electron chi connectivity index (χ1n) is 5.62. The molecular weight excluding hydrogens is 196 g/mol. The summed E-state index contributed by atoms with van der Waals surface area (Å²) in [5.74, 6) is 0.350. The van der Waals surface area contributed by atoms with Crippen LogP contribution in [0.1, 0.15) is 31.9 Å². The van der Waals surface area contributed by atoms with E-state index in [0.29, 0.717) is 5.75 Å². The highest BCUT2D eigenvalue weighted by atomic mass is 16.3. The molecule has 0 fully saturated rings. The highest BCUT2D eigenvalue weighted by Gasteiger charge is 2.18. The van der Waals surface area contributed by atoms with Crippen LogP contribution in [0.2, 0.25) is 0 Å². The molecule has 0 saturated heterocycles. The molecule has 0 unspecified atom stereocenters. The standard InChI is InChI=1S/C15H18O/c1-10-6-5-7-11-8-12(16)9-13(14(10)11)15(2,3)4/h5-9,16H,1-4H3. The second-order valence-corrected chi connectivity index (χ2v) is 5.42. The quantitative estimate of drug-likeness (QED) is 0.698. The smallest absolute Gasteiger partial charge is 0.116 e. The van der Waals surface area contributed by atoms with Crippen LogP contribution in [0.5, 0.6) is 5.75 Å². The van der Waals surface area contributed by atoms with Gasteiger partial charge in [-0.2, -0.15) is 0 Å². The molecule has 0 aliphatic heterocycles. The van der Waals surface area contributed by atoms with Crippen LogP contribution in [0.4, 0.5) is 0 Å². The third-order valence-corrected chi connectivity index (χ3v) is 2.98. The van der Waals surface area contributed by atoms with Crippen molar-refractivity contribution in [3.63, 3.8) is 0 Å². The van der Waals surface area contributed by atoms with Crippen LogP contribution in [0.15, 0.2) is 30.3 Å². The van der Waals surface area contributed by atoms with Crippen molar-refractivity contribution in [1.82, 2.24) is 0 Å². The maximum absolute atomic E-state index is 9.77. The number of fused-ring (bicyclic) bond motifs is 1. The summed E-state index contributed by atoms with van der Waals surface area (Å²) in [5, 5.41) is 12.2. The van der Waals surface area contributed by atoms with Crippen LogP contribution in [-0.4, -0.2) is 5.11 Å². The number of rotatable bonds is 0. The molecule has 0 saturated carbocycles.